The van der Waals surface area contributed by atoms with Gasteiger partial charge in [-0.05, 0) is 38.3 Å². The fourth-order valence-electron chi connectivity index (χ4n) is 3.38. The standard InChI is InChI=1S/C20H34N4O/c1-15(2)24-12-10-17(11-13-24)23-20(21-4)22-14-16(3)18-8-6-7-9-19(18)25-5/h6-9,15-17H,10-14H2,1-5H3,(H2,21,22,23). The van der Waals surface area contributed by atoms with Crippen molar-refractivity contribution in [1.82, 2.24) is 15.5 Å². The largest absolute Gasteiger partial charge is 0.496 e. The van der Waals surface area contributed by atoms with Crippen LogP contribution >= 0.6 is 0 Å². The van der Waals surface area contributed by atoms with Crippen LogP contribution in [0.2, 0.25) is 0 Å². The van der Waals surface area contributed by atoms with Gasteiger partial charge in [-0.1, -0.05) is 25.1 Å². The molecule has 1 aliphatic heterocycles. The summed E-state index contributed by atoms with van der Waals surface area (Å²) < 4.78 is 5.47. The van der Waals surface area contributed by atoms with Crippen molar-refractivity contribution in [2.24, 2.45) is 4.99 Å². The summed E-state index contributed by atoms with van der Waals surface area (Å²) in [5.74, 6) is 2.18. The molecule has 0 saturated carbocycles. The highest BCUT2D eigenvalue weighted by molar-refractivity contribution is 5.80. The predicted octanol–water partition coefficient (Wildman–Crippen LogP) is 2.84. The summed E-state index contributed by atoms with van der Waals surface area (Å²) in [5.41, 5.74) is 1.22. The smallest absolute Gasteiger partial charge is 0.191 e. The van der Waals surface area contributed by atoms with Gasteiger partial charge >= 0.3 is 0 Å². The zero-order valence-corrected chi connectivity index (χ0v) is 16.4. The highest BCUT2D eigenvalue weighted by Crippen LogP contribution is 2.25. The van der Waals surface area contributed by atoms with Gasteiger partial charge in [0.2, 0.25) is 0 Å². The molecular weight excluding hydrogens is 312 g/mol. The lowest BCUT2D eigenvalue weighted by molar-refractivity contribution is 0.167. The van der Waals surface area contributed by atoms with E-state index >= 15 is 0 Å². The average Bonchev–Trinajstić information content (AvgIpc) is 2.65. The van der Waals surface area contributed by atoms with Gasteiger partial charge in [0.1, 0.15) is 5.75 Å². The molecule has 1 aromatic rings. The molecule has 25 heavy (non-hydrogen) atoms. The highest BCUT2D eigenvalue weighted by Gasteiger charge is 2.21. The van der Waals surface area contributed by atoms with Gasteiger partial charge in [-0.15, -0.1) is 0 Å². The van der Waals surface area contributed by atoms with Crippen molar-refractivity contribution in [3.05, 3.63) is 29.8 Å². The molecule has 0 radical (unpaired) electrons. The van der Waals surface area contributed by atoms with Gasteiger partial charge in [0.15, 0.2) is 5.96 Å². The van der Waals surface area contributed by atoms with Crippen molar-refractivity contribution < 1.29 is 4.74 Å². The van der Waals surface area contributed by atoms with Crippen LogP contribution in [-0.4, -0.2) is 56.7 Å². The van der Waals surface area contributed by atoms with E-state index in [0.29, 0.717) is 18.0 Å². The van der Waals surface area contributed by atoms with Crippen molar-refractivity contribution in [3.63, 3.8) is 0 Å². The zero-order chi connectivity index (χ0) is 18.2. The molecule has 2 N–H and O–H groups in total. The van der Waals surface area contributed by atoms with Crippen molar-refractivity contribution in [1.29, 1.82) is 0 Å². The molecule has 1 saturated heterocycles. The first kappa shape index (κ1) is 19.6. The summed E-state index contributed by atoms with van der Waals surface area (Å²) >= 11 is 0. The number of benzene rings is 1. The van der Waals surface area contributed by atoms with Crippen LogP contribution < -0.4 is 15.4 Å². The number of piperidine rings is 1. The van der Waals surface area contributed by atoms with Crippen LogP contribution in [-0.2, 0) is 0 Å². The van der Waals surface area contributed by atoms with E-state index in [9.17, 15) is 0 Å². The fourth-order valence-corrected chi connectivity index (χ4v) is 3.38. The Kier molecular flexibility index (Phi) is 7.56. The van der Waals surface area contributed by atoms with Gasteiger partial charge in [-0.2, -0.15) is 0 Å². The first-order valence-electron chi connectivity index (χ1n) is 9.39. The Labute approximate surface area is 152 Å². The summed E-state index contributed by atoms with van der Waals surface area (Å²) in [4.78, 5) is 6.93. The molecule has 5 nitrogen and oxygen atoms in total. The molecule has 1 unspecified atom stereocenters. The van der Waals surface area contributed by atoms with Gasteiger partial charge in [0, 0.05) is 44.7 Å². The van der Waals surface area contributed by atoms with Crippen molar-refractivity contribution in [2.45, 2.75) is 51.6 Å². The molecule has 1 heterocycles. The zero-order valence-electron chi connectivity index (χ0n) is 16.4. The second kappa shape index (κ2) is 9.66. The second-order valence-electron chi connectivity index (χ2n) is 7.14. The first-order valence-corrected chi connectivity index (χ1v) is 9.39. The first-order chi connectivity index (χ1) is 12.0. The van der Waals surface area contributed by atoms with Crippen LogP contribution in [0.4, 0.5) is 0 Å². The molecule has 0 aromatic heterocycles. The number of ether oxygens (including phenoxy) is 1. The number of guanidine groups is 1. The third-order valence-electron chi connectivity index (χ3n) is 5.07. The van der Waals surface area contributed by atoms with E-state index in [0.717, 1.165) is 31.3 Å². The minimum Gasteiger partial charge on any atom is -0.496 e. The maximum atomic E-state index is 5.47. The van der Waals surface area contributed by atoms with E-state index in [1.807, 2.05) is 19.2 Å². The maximum Gasteiger partial charge on any atom is 0.191 e. The Bertz CT molecular complexity index is 550. The normalized spacial score (nSPS) is 18.2. The second-order valence-corrected chi connectivity index (χ2v) is 7.14. The average molecular weight is 347 g/mol. The van der Waals surface area contributed by atoms with Gasteiger partial charge < -0.3 is 20.3 Å². The molecule has 1 aromatic carbocycles. The summed E-state index contributed by atoms with van der Waals surface area (Å²) in [6.07, 6.45) is 2.34. The third-order valence-corrected chi connectivity index (χ3v) is 5.07. The number of para-hydroxylation sites is 1. The lowest BCUT2D eigenvalue weighted by Crippen LogP contribution is -2.50. The number of aliphatic imine (C=N–C) groups is 1. The summed E-state index contributed by atoms with van der Waals surface area (Å²) in [5, 5.41) is 7.05. The minimum atomic E-state index is 0.345. The van der Waals surface area contributed by atoms with Crippen LogP contribution in [0.5, 0.6) is 5.75 Å². The number of likely N-dealkylation sites (tertiary alicyclic amines) is 1. The Balaban J connectivity index is 1.82. The molecule has 0 bridgehead atoms. The van der Waals surface area contributed by atoms with E-state index in [2.05, 4.69) is 53.4 Å². The Morgan fingerprint density at radius 2 is 1.92 bits per heavy atom. The number of nitrogens with zero attached hydrogens (tertiary/aromatic N) is 2. The van der Waals surface area contributed by atoms with Crippen molar-refractivity contribution in [2.75, 3.05) is 33.8 Å². The molecule has 0 spiro atoms. The highest BCUT2D eigenvalue weighted by atomic mass is 16.5. The number of rotatable bonds is 6. The van der Waals surface area contributed by atoms with Crippen molar-refractivity contribution in [3.8, 4) is 5.75 Å². The van der Waals surface area contributed by atoms with Crippen LogP contribution in [0, 0.1) is 0 Å². The van der Waals surface area contributed by atoms with Crippen LogP contribution in [0.1, 0.15) is 45.1 Å². The summed E-state index contributed by atoms with van der Waals surface area (Å²) in [6, 6.07) is 9.35. The number of hydrogen-bond acceptors (Lipinski definition) is 3. The predicted molar refractivity (Wildman–Crippen MR) is 106 cm³/mol. The van der Waals surface area contributed by atoms with Gasteiger partial charge in [0.25, 0.3) is 0 Å². The Morgan fingerprint density at radius 3 is 2.52 bits per heavy atom. The van der Waals surface area contributed by atoms with E-state index in [4.69, 9.17) is 4.74 Å². The van der Waals surface area contributed by atoms with Crippen LogP contribution in [0.25, 0.3) is 0 Å². The van der Waals surface area contributed by atoms with Crippen LogP contribution in [0.3, 0.4) is 0 Å². The maximum absolute atomic E-state index is 5.47. The molecule has 140 valence electrons. The molecule has 1 aliphatic rings. The number of nitrogens with one attached hydrogen (secondary N) is 2. The molecule has 0 amide bonds. The SMILES string of the molecule is CN=C(NCC(C)c1ccccc1OC)NC1CCN(C(C)C)CC1. The lowest BCUT2D eigenvalue weighted by atomic mass is 10.00. The summed E-state index contributed by atoms with van der Waals surface area (Å²) in [6.45, 7) is 9.89. The van der Waals surface area contributed by atoms with Gasteiger partial charge in [-0.3, -0.25) is 4.99 Å². The van der Waals surface area contributed by atoms with Gasteiger partial charge in [0.05, 0.1) is 7.11 Å². The monoisotopic (exact) mass is 346 g/mol. The molecule has 1 atom stereocenters. The molecular formula is C20H34N4O. The topological polar surface area (TPSA) is 48.9 Å². The fraction of sp³-hybridized carbons (Fsp3) is 0.650. The quantitative estimate of drug-likeness (QED) is 0.614. The number of methoxy groups -OCH3 is 1. The van der Waals surface area contributed by atoms with Crippen LogP contribution in [0.15, 0.2) is 29.3 Å². The molecule has 0 aliphatic carbocycles. The van der Waals surface area contributed by atoms with Crippen molar-refractivity contribution >= 4 is 5.96 Å². The Morgan fingerprint density at radius 1 is 1.24 bits per heavy atom. The van der Waals surface area contributed by atoms with E-state index in [-0.39, 0.29) is 0 Å². The lowest BCUT2D eigenvalue weighted by Gasteiger charge is -2.35. The van der Waals surface area contributed by atoms with E-state index < -0.39 is 0 Å². The minimum absolute atomic E-state index is 0.345. The molecule has 5 heteroatoms. The van der Waals surface area contributed by atoms with Gasteiger partial charge in [-0.25, -0.2) is 0 Å². The third kappa shape index (κ3) is 5.63. The number of hydrogen-bond donors (Lipinski definition) is 2. The Hall–Kier alpha value is -1.75. The molecule has 2 rings (SSSR count). The van der Waals surface area contributed by atoms with E-state index in [1.54, 1.807) is 7.11 Å². The summed E-state index contributed by atoms with van der Waals surface area (Å²) in [7, 11) is 3.56. The van der Waals surface area contributed by atoms with E-state index in [1.165, 1.54) is 18.4 Å². The molecule has 1 fully saturated rings.